The van der Waals surface area contributed by atoms with Crippen molar-refractivity contribution >= 4 is 50.7 Å². The lowest BCUT2D eigenvalue weighted by Crippen LogP contribution is -2.52. The summed E-state index contributed by atoms with van der Waals surface area (Å²) in [5, 5.41) is 3.56. The molecular weight excluding hydrogens is 597 g/mol. The Morgan fingerprint density at radius 1 is 0.929 bits per heavy atom. The fourth-order valence-electron chi connectivity index (χ4n) is 4.26. The fraction of sp³-hybridized carbons (Fsp3) is 0.355. The van der Waals surface area contributed by atoms with Crippen LogP contribution in [0.2, 0.25) is 10.0 Å². The van der Waals surface area contributed by atoms with E-state index < -0.39 is 28.5 Å². The number of benzene rings is 3. The van der Waals surface area contributed by atoms with Crippen LogP contribution in [0.1, 0.15) is 38.3 Å². The average molecular weight is 635 g/mol. The van der Waals surface area contributed by atoms with E-state index >= 15 is 0 Å². The molecule has 1 N–H and O–H groups in total. The Balaban J connectivity index is 1.88. The Kier molecular flexibility index (Phi) is 12.1. The van der Waals surface area contributed by atoms with Crippen LogP contribution in [0.5, 0.6) is 5.75 Å². The SMILES string of the molecule is CC[C@@H](C(=O)NCC(C)C)N(Cc1c(Cl)cccc1Cl)C(=O)CN(c1ccc(OCc2ccccc2)cc1)S(C)(=O)=O. The number of halogens is 2. The standard InChI is InChI=1S/C31H37Cl2N3O5S/c1-5-29(31(38)34-18-22(2)3)35(19-26-27(32)12-9-13-28(26)33)30(37)20-36(42(4,39)40)24-14-16-25(17-15-24)41-21-23-10-7-6-8-11-23/h6-17,22,29H,5,18-21H2,1-4H3,(H,34,38)/t29-/m0/s1. The van der Waals surface area contributed by atoms with Crippen LogP contribution in [0, 0.1) is 5.92 Å². The summed E-state index contributed by atoms with van der Waals surface area (Å²) in [7, 11) is -3.89. The van der Waals surface area contributed by atoms with E-state index in [0.717, 1.165) is 16.1 Å². The number of nitrogens with one attached hydrogen (secondary N) is 1. The number of amides is 2. The largest absolute Gasteiger partial charge is 0.489 e. The topological polar surface area (TPSA) is 96.0 Å². The van der Waals surface area contributed by atoms with Gasteiger partial charge >= 0.3 is 0 Å². The molecule has 0 heterocycles. The van der Waals surface area contributed by atoms with Gasteiger partial charge in [-0.15, -0.1) is 0 Å². The van der Waals surface area contributed by atoms with Gasteiger partial charge in [0.1, 0.15) is 24.9 Å². The van der Waals surface area contributed by atoms with E-state index in [-0.39, 0.29) is 24.1 Å². The molecule has 226 valence electrons. The van der Waals surface area contributed by atoms with Gasteiger partial charge in [0.25, 0.3) is 0 Å². The van der Waals surface area contributed by atoms with Crippen molar-refractivity contribution in [3.63, 3.8) is 0 Å². The molecular formula is C31H37Cl2N3O5S. The molecule has 0 aliphatic carbocycles. The normalized spacial score (nSPS) is 12.1. The highest BCUT2D eigenvalue weighted by atomic mass is 35.5. The van der Waals surface area contributed by atoms with Gasteiger partial charge < -0.3 is 15.0 Å². The third-order valence-corrected chi connectivity index (χ3v) is 8.36. The molecule has 1 atom stereocenters. The van der Waals surface area contributed by atoms with Gasteiger partial charge in [-0.2, -0.15) is 0 Å². The number of ether oxygens (including phenoxy) is 1. The monoisotopic (exact) mass is 633 g/mol. The zero-order chi connectivity index (χ0) is 30.9. The van der Waals surface area contributed by atoms with Crippen LogP contribution >= 0.6 is 23.2 Å². The van der Waals surface area contributed by atoms with Gasteiger partial charge in [-0.3, -0.25) is 13.9 Å². The maximum Gasteiger partial charge on any atom is 0.244 e. The molecule has 0 aliphatic rings. The molecule has 11 heteroatoms. The Labute approximate surface area is 258 Å². The summed E-state index contributed by atoms with van der Waals surface area (Å²) in [6.07, 6.45) is 1.33. The lowest BCUT2D eigenvalue weighted by atomic mass is 10.1. The van der Waals surface area contributed by atoms with Gasteiger partial charge in [0.15, 0.2) is 0 Å². The molecule has 3 aromatic rings. The highest BCUT2D eigenvalue weighted by Crippen LogP contribution is 2.28. The zero-order valence-corrected chi connectivity index (χ0v) is 26.5. The second-order valence-corrected chi connectivity index (χ2v) is 13.0. The number of sulfonamides is 1. The summed E-state index contributed by atoms with van der Waals surface area (Å²) < 4.78 is 32.6. The molecule has 0 fully saturated rings. The quantitative estimate of drug-likeness (QED) is 0.238. The highest BCUT2D eigenvalue weighted by molar-refractivity contribution is 7.92. The van der Waals surface area contributed by atoms with Crippen LogP contribution < -0.4 is 14.4 Å². The van der Waals surface area contributed by atoms with Crippen LogP contribution in [-0.4, -0.2) is 50.5 Å². The molecule has 0 aliphatic heterocycles. The van der Waals surface area contributed by atoms with E-state index in [4.69, 9.17) is 27.9 Å². The summed E-state index contributed by atoms with van der Waals surface area (Å²) in [5.74, 6) is -0.167. The van der Waals surface area contributed by atoms with E-state index in [9.17, 15) is 18.0 Å². The Bertz CT molecular complexity index is 1430. The van der Waals surface area contributed by atoms with Crippen LogP contribution in [-0.2, 0) is 32.8 Å². The molecule has 0 aromatic heterocycles. The predicted molar refractivity (Wildman–Crippen MR) is 168 cm³/mol. The maximum atomic E-state index is 13.9. The minimum Gasteiger partial charge on any atom is -0.489 e. The van der Waals surface area contributed by atoms with E-state index in [1.807, 2.05) is 44.2 Å². The molecule has 8 nitrogen and oxygen atoms in total. The fourth-order valence-corrected chi connectivity index (χ4v) is 5.63. The van der Waals surface area contributed by atoms with E-state index in [2.05, 4.69) is 5.32 Å². The number of hydrogen-bond acceptors (Lipinski definition) is 5. The molecule has 2 amide bonds. The summed E-state index contributed by atoms with van der Waals surface area (Å²) in [4.78, 5) is 28.5. The second-order valence-electron chi connectivity index (χ2n) is 10.3. The lowest BCUT2D eigenvalue weighted by Gasteiger charge is -2.33. The molecule has 0 unspecified atom stereocenters. The average Bonchev–Trinajstić information content (AvgIpc) is 2.95. The number of rotatable bonds is 14. The van der Waals surface area contributed by atoms with Crippen molar-refractivity contribution in [2.24, 2.45) is 5.92 Å². The summed E-state index contributed by atoms with van der Waals surface area (Å²) in [5.41, 5.74) is 1.74. The molecule has 0 saturated carbocycles. The summed E-state index contributed by atoms with van der Waals surface area (Å²) in [6, 6.07) is 20.2. The number of carbonyl (C=O) groups is 2. The molecule has 42 heavy (non-hydrogen) atoms. The molecule has 0 bridgehead atoms. The van der Waals surface area contributed by atoms with E-state index in [1.54, 1.807) is 49.4 Å². The molecule has 0 spiro atoms. The maximum absolute atomic E-state index is 13.9. The van der Waals surface area contributed by atoms with Crippen molar-refractivity contribution in [1.82, 2.24) is 10.2 Å². The second kappa shape index (κ2) is 15.3. The molecule has 3 rings (SSSR count). The third-order valence-electron chi connectivity index (χ3n) is 6.51. The Morgan fingerprint density at radius 2 is 1.55 bits per heavy atom. The molecule has 0 radical (unpaired) electrons. The van der Waals surface area contributed by atoms with Crippen molar-refractivity contribution in [3.8, 4) is 5.75 Å². The smallest absolute Gasteiger partial charge is 0.244 e. The van der Waals surface area contributed by atoms with Crippen molar-refractivity contribution in [3.05, 3.63) is 94.0 Å². The van der Waals surface area contributed by atoms with Gasteiger partial charge in [-0.25, -0.2) is 8.42 Å². The van der Waals surface area contributed by atoms with Gasteiger partial charge in [0, 0.05) is 28.7 Å². The highest BCUT2D eigenvalue weighted by Gasteiger charge is 2.32. The first-order chi connectivity index (χ1) is 19.9. The molecule has 3 aromatic carbocycles. The summed E-state index contributed by atoms with van der Waals surface area (Å²) in [6.45, 7) is 5.90. The van der Waals surface area contributed by atoms with Gasteiger partial charge in [0.05, 0.1) is 11.9 Å². The Morgan fingerprint density at radius 3 is 2.10 bits per heavy atom. The van der Waals surface area contributed by atoms with Crippen molar-refractivity contribution in [2.75, 3.05) is 23.7 Å². The third kappa shape index (κ3) is 9.37. The van der Waals surface area contributed by atoms with Crippen molar-refractivity contribution in [1.29, 1.82) is 0 Å². The number of nitrogens with zero attached hydrogens (tertiary/aromatic N) is 2. The predicted octanol–water partition coefficient (Wildman–Crippen LogP) is 5.92. The van der Waals surface area contributed by atoms with Crippen LogP contribution in [0.15, 0.2) is 72.8 Å². The minimum absolute atomic E-state index is 0.0746. The number of hydrogen-bond donors (Lipinski definition) is 1. The first kappa shape index (κ1) is 33.2. The van der Waals surface area contributed by atoms with Crippen molar-refractivity contribution in [2.45, 2.75) is 46.4 Å². The Hall–Kier alpha value is -3.27. The van der Waals surface area contributed by atoms with Gasteiger partial charge in [0.2, 0.25) is 21.8 Å². The van der Waals surface area contributed by atoms with E-state index in [0.29, 0.717) is 40.9 Å². The minimum atomic E-state index is -3.89. The van der Waals surface area contributed by atoms with Crippen LogP contribution in [0.3, 0.4) is 0 Å². The first-order valence-corrected chi connectivity index (χ1v) is 16.3. The van der Waals surface area contributed by atoms with Gasteiger partial charge in [-0.1, -0.05) is 80.4 Å². The summed E-state index contributed by atoms with van der Waals surface area (Å²) >= 11 is 12.8. The van der Waals surface area contributed by atoms with Crippen LogP contribution in [0.25, 0.3) is 0 Å². The zero-order valence-electron chi connectivity index (χ0n) is 24.2. The first-order valence-electron chi connectivity index (χ1n) is 13.6. The van der Waals surface area contributed by atoms with Gasteiger partial charge in [-0.05, 0) is 54.3 Å². The number of anilines is 1. The van der Waals surface area contributed by atoms with Crippen molar-refractivity contribution < 1.29 is 22.7 Å². The lowest BCUT2D eigenvalue weighted by molar-refractivity contribution is -0.140. The van der Waals surface area contributed by atoms with Crippen LogP contribution in [0.4, 0.5) is 5.69 Å². The molecule has 0 saturated heterocycles. The van der Waals surface area contributed by atoms with E-state index in [1.165, 1.54) is 4.90 Å². The number of carbonyl (C=O) groups excluding carboxylic acids is 2.